The Bertz CT molecular complexity index is 904. The van der Waals surface area contributed by atoms with Gasteiger partial charge in [-0.15, -0.1) is 0 Å². The van der Waals surface area contributed by atoms with E-state index < -0.39 is 29.9 Å². The number of nitrogens with zero attached hydrogens (tertiary/aromatic N) is 1. The van der Waals surface area contributed by atoms with E-state index in [4.69, 9.17) is 14.2 Å². The minimum atomic E-state index is -1.55. The zero-order chi connectivity index (χ0) is 21.1. The van der Waals surface area contributed by atoms with Gasteiger partial charge in [0.25, 0.3) is 5.91 Å². The van der Waals surface area contributed by atoms with Crippen molar-refractivity contribution >= 4 is 11.9 Å². The molecule has 2 aromatic rings. The van der Waals surface area contributed by atoms with Crippen molar-refractivity contribution < 1.29 is 28.9 Å². The number of rotatable bonds is 7. The number of urea groups is 1. The fourth-order valence-corrected chi connectivity index (χ4v) is 3.70. The molecule has 3 amide bonds. The Kier molecular flexibility index (Phi) is 5.72. The summed E-state index contributed by atoms with van der Waals surface area (Å²) >= 11 is 0. The lowest BCUT2D eigenvalue weighted by Crippen LogP contribution is -2.47. The summed E-state index contributed by atoms with van der Waals surface area (Å²) in [6.07, 6.45) is -1.65. The molecule has 158 valence electrons. The molecule has 0 unspecified atom stereocenters. The molecule has 0 radical (unpaired) electrons. The summed E-state index contributed by atoms with van der Waals surface area (Å²) in [6.45, 7) is 0.578. The second kappa shape index (κ2) is 8.43. The lowest BCUT2D eigenvalue weighted by atomic mass is 10.1. The number of benzene rings is 2. The number of aliphatic hydroxyl groups excluding tert-OH is 1. The van der Waals surface area contributed by atoms with E-state index in [1.165, 1.54) is 0 Å². The van der Waals surface area contributed by atoms with Crippen LogP contribution < -0.4 is 10.1 Å². The van der Waals surface area contributed by atoms with Crippen LogP contribution in [0.5, 0.6) is 5.75 Å². The molecule has 3 atom stereocenters. The van der Waals surface area contributed by atoms with Crippen LogP contribution in [0.15, 0.2) is 54.6 Å². The molecule has 2 aromatic carbocycles. The van der Waals surface area contributed by atoms with Gasteiger partial charge in [0, 0.05) is 6.42 Å². The highest BCUT2D eigenvalue weighted by Crippen LogP contribution is 2.35. The van der Waals surface area contributed by atoms with Gasteiger partial charge in [0.05, 0.1) is 33.0 Å². The van der Waals surface area contributed by atoms with E-state index in [0.717, 1.165) is 16.0 Å². The SMILES string of the molecule is COc1ccc(CN2C(=O)N[C@@]3(C[C@@H](O)[C@@H](COCc4ccccc4)O3)C2=O)cc1. The molecule has 8 nitrogen and oxygen atoms in total. The standard InChI is InChI=1S/C22H24N2O6/c1-28-17-9-7-15(8-10-17)12-24-20(26)22(23-21(24)27)11-18(25)19(30-22)14-29-13-16-5-3-2-4-6-16/h2-10,18-19,25H,11-14H2,1H3,(H,23,27)/t18-,19-,22-/m1/s1. The summed E-state index contributed by atoms with van der Waals surface area (Å²) in [5.41, 5.74) is 0.220. The Balaban J connectivity index is 1.38. The van der Waals surface area contributed by atoms with Crippen LogP contribution >= 0.6 is 0 Å². The quantitative estimate of drug-likeness (QED) is 0.674. The van der Waals surface area contributed by atoms with Crippen molar-refractivity contribution in [2.24, 2.45) is 0 Å². The number of hydrogen-bond donors (Lipinski definition) is 2. The normalized spacial score (nSPS) is 25.7. The van der Waals surface area contributed by atoms with Gasteiger partial charge in [0.1, 0.15) is 11.9 Å². The minimum Gasteiger partial charge on any atom is -0.497 e. The first-order valence-electron chi connectivity index (χ1n) is 9.75. The molecule has 4 rings (SSSR count). The third-order valence-electron chi connectivity index (χ3n) is 5.32. The molecule has 0 bridgehead atoms. The smallest absolute Gasteiger partial charge is 0.327 e. The van der Waals surface area contributed by atoms with Crippen LogP contribution in [0.4, 0.5) is 4.79 Å². The first-order valence-corrected chi connectivity index (χ1v) is 9.75. The number of carbonyl (C=O) groups is 2. The Labute approximate surface area is 174 Å². The second-order valence-corrected chi connectivity index (χ2v) is 7.43. The third-order valence-corrected chi connectivity index (χ3v) is 5.32. The monoisotopic (exact) mass is 412 g/mol. The fraction of sp³-hybridized carbons (Fsp3) is 0.364. The molecular formula is C22H24N2O6. The van der Waals surface area contributed by atoms with Crippen LogP contribution in [0.25, 0.3) is 0 Å². The van der Waals surface area contributed by atoms with Crippen molar-refractivity contribution in [3.8, 4) is 5.75 Å². The molecule has 8 heteroatoms. The van der Waals surface area contributed by atoms with E-state index in [0.29, 0.717) is 12.4 Å². The van der Waals surface area contributed by atoms with Crippen LogP contribution in [0.3, 0.4) is 0 Å². The number of methoxy groups -OCH3 is 1. The molecule has 30 heavy (non-hydrogen) atoms. The van der Waals surface area contributed by atoms with Gasteiger partial charge in [-0.1, -0.05) is 42.5 Å². The molecule has 0 saturated carbocycles. The molecule has 2 heterocycles. The van der Waals surface area contributed by atoms with Gasteiger partial charge >= 0.3 is 6.03 Å². The number of aliphatic hydroxyl groups is 1. The van der Waals surface area contributed by atoms with E-state index in [1.54, 1.807) is 31.4 Å². The van der Waals surface area contributed by atoms with E-state index in [1.807, 2.05) is 30.3 Å². The summed E-state index contributed by atoms with van der Waals surface area (Å²) < 4.78 is 16.6. The first-order chi connectivity index (χ1) is 14.5. The van der Waals surface area contributed by atoms with Crippen molar-refractivity contribution in [2.45, 2.75) is 37.5 Å². The summed E-state index contributed by atoms with van der Waals surface area (Å²) in [6, 6.07) is 16.2. The highest BCUT2D eigenvalue weighted by molar-refractivity contribution is 6.06. The van der Waals surface area contributed by atoms with Crippen molar-refractivity contribution in [2.75, 3.05) is 13.7 Å². The minimum absolute atomic E-state index is 0.0178. The van der Waals surface area contributed by atoms with Crippen LogP contribution in [0.2, 0.25) is 0 Å². The average Bonchev–Trinajstić information content (AvgIpc) is 3.19. The lowest BCUT2D eigenvalue weighted by molar-refractivity contribution is -0.153. The molecule has 2 aliphatic rings. The first kappa shape index (κ1) is 20.3. The summed E-state index contributed by atoms with van der Waals surface area (Å²) in [5, 5.41) is 13.0. The second-order valence-electron chi connectivity index (χ2n) is 7.43. The highest BCUT2D eigenvalue weighted by atomic mass is 16.6. The Hall–Kier alpha value is -2.94. The summed E-state index contributed by atoms with van der Waals surface area (Å²) in [4.78, 5) is 26.6. The van der Waals surface area contributed by atoms with E-state index in [2.05, 4.69) is 5.32 Å². The number of nitrogens with one attached hydrogen (secondary N) is 1. The Morgan fingerprint density at radius 2 is 1.87 bits per heavy atom. The van der Waals surface area contributed by atoms with Crippen LogP contribution in [-0.2, 0) is 27.4 Å². The van der Waals surface area contributed by atoms with Gasteiger partial charge in [-0.05, 0) is 23.3 Å². The van der Waals surface area contributed by atoms with Crippen LogP contribution in [0, 0.1) is 0 Å². The molecule has 2 fully saturated rings. The number of amides is 3. The topological polar surface area (TPSA) is 97.3 Å². The van der Waals surface area contributed by atoms with Gasteiger partial charge in [-0.25, -0.2) is 4.79 Å². The Morgan fingerprint density at radius 1 is 1.13 bits per heavy atom. The number of hydrogen-bond acceptors (Lipinski definition) is 6. The molecular weight excluding hydrogens is 388 g/mol. The predicted octanol–water partition coefficient (Wildman–Crippen LogP) is 1.81. The number of carbonyl (C=O) groups excluding carboxylic acids is 2. The summed E-state index contributed by atoms with van der Waals surface area (Å²) in [7, 11) is 1.57. The maximum atomic E-state index is 13.0. The predicted molar refractivity (Wildman–Crippen MR) is 106 cm³/mol. The van der Waals surface area contributed by atoms with E-state index in [9.17, 15) is 14.7 Å². The van der Waals surface area contributed by atoms with E-state index >= 15 is 0 Å². The van der Waals surface area contributed by atoms with Gasteiger partial charge in [-0.2, -0.15) is 0 Å². The maximum absolute atomic E-state index is 13.0. The van der Waals surface area contributed by atoms with Crippen molar-refractivity contribution in [3.63, 3.8) is 0 Å². The average molecular weight is 412 g/mol. The molecule has 0 aromatic heterocycles. The molecule has 1 spiro atoms. The fourth-order valence-electron chi connectivity index (χ4n) is 3.70. The molecule has 2 aliphatic heterocycles. The van der Waals surface area contributed by atoms with E-state index in [-0.39, 0.29) is 19.6 Å². The van der Waals surface area contributed by atoms with Gasteiger partial charge in [-0.3, -0.25) is 9.69 Å². The third kappa shape index (κ3) is 4.02. The molecule has 2 N–H and O–H groups in total. The number of ether oxygens (including phenoxy) is 3. The lowest BCUT2D eigenvalue weighted by Gasteiger charge is -2.21. The zero-order valence-electron chi connectivity index (χ0n) is 16.6. The van der Waals surface area contributed by atoms with Crippen LogP contribution in [0.1, 0.15) is 17.5 Å². The van der Waals surface area contributed by atoms with Gasteiger partial charge in [0.2, 0.25) is 5.72 Å². The highest BCUT2D eigenvalue weighted by Gasteiger charge is 2.59. The summed E-state index contributed by atoms with van der Waals surface area (Å²) in [5.74, 6) is 0.181. The zero-order valence-corrected chi connectivity index (χ0v) is 16.6. The van der Waals surface area contributed by atoms with Crippen molar-refractivity contribution in [1.29, 1.82) is 0 Å². The van der Waals surface area contributed by atoms with Gasteiger partial charge < -0.3 is 24.6 Å². The van der Waals surface area contributed by atoms with Crippen molar-refractivity contribution in [1.82, 2.24) is 10.2 Å². The Morgan fingerprint density at radius 3 is 2.57 bits per heavy atom. The largest absolute Gasteiger partial charge is 0.497 e. The van der Waals surface area contributed by atoms with Gasteiger partial charge in [0.15, 0.2) is 0 Å². The molecule has 2 saturated heterocycles. The van der Waals surface area contributed by atoms with Crippen molar-refractivity contribution in [3.05, 3.63) is 65.7 Å². The number of imide groups is 1. The van der Waals surface area contributed by atoms with Crippen LogP contribution in [-0.4, -0.2) is 53.6 Å². The maximum Gasteiger partial charge on any atom is 0.327 e. The molecule has 0 aliphatic carbocycles.